The Kier molecular flexibility index (Phi) is 3.45. The molecule has 3 heterocycles. The van der Waals surface area contributed by atoms with Crippen molar-refractivity contribution in [2.45, 2.75) is 24.3 Å². The van der Waals surface area contributed by atoms with Crippen LogP contribution in [0.5, 0.6) is 0 Å². The van der Waals surface area contributed by atoms with Gasteiger partial charge >= 0.3 is 0 Å². The Hall–Kier alpha value is -2.54. The van der Waals surface area contributed by atoms with Crippen molar-refractivity contribution in [1.82, 2.24) is 4.98 Å². The van der Waals surface area contributed by atoms with E-state index in [1.165, 1.54) is 6.07 Å². The number of aromatic nitrogens is 1. The highest BCUT2D eigenvalue weighted by atomic mass is 32.2. The molecule has 3 N–H and O–H groups in total. The number of nitro benzene ring substituents is 1. The van der Waals surface area contributed by atoms with E-state index in [1.807, 2.05) is 19.1 Å². The monoisotopic (exact) mass is 340 g/mol. The number of allylic oxidation sites excluding steroid dienone is 2. The highest BCUT2D eigenvalue weighted by Gasteiger charge is 2.29. The van der Waals surface area contributed by atoms with Crippen LogP contribution < -0.4 is 11.1 Å². The fourth-order valence-electron chi connectivity index (χ4n) is 3.31. The van der Waals surface area contributed by atoms with Gasteiger partial charge in [0.25, 0.3) is 5.69 Å². The number of nitrogens with one attached hydrogen (secondary N) is 1. The molecule has 1 atom stereocenters. The van der Waals surface area contributed by atoms with Crippen LogP contribution in [0.25, 0.3) is 0 Å². The number of rotatable bonds is 2. The fraction of sp³-hybridized carbons (Fsp3) is 0.235. The topological polar surface area (TPSA) is 94.1 Å². The van der Waals surface area contributed by atoms with Gasteiger partial charge in [0, 0.05) is 52.1 Å². The number of benzene rings is 1. The van der Waals surface area contributed by atoms with E-state index in [2.05, 4.69) is 5.32 Å². The number of nitrogens with zero attached hydrogens (tertiary/aromatic N) is 2. The van der Waals surface area contributed by atoms with Crippen LogP contribution in [0, 0.1) is 10.1 Å². The van der Waals surface area contributed by atoms with Gasteiger partial charge < -0.3 is 11.1 Å². The van der Waals surface area contributed by atoms with Crippen molar-refractivity contribution in [3.63, 3.8) is 0 Å². The van der Waals surface area contributed by atoms with Crippen LogP contribution in [0.3, 0.4) is 0 Å². The van der Waals surface area contributed by atoms with Crippen LogP contribution in [0.1, 0.15) is 35.2 Å². The minimum Gasteiger partial charge on any atom is -0.398 e. The first-order chi connectivity index (χ1) is 11.5. The lowest BCUT2D eigenvalue weighted by Crippen LogP contribution is -2.17. The third-order valence-electron chi connectivity index (χ3n) is 4.43. The second kappa shape index (κ2) is 5.52. The van der Waals surface area contributed by atoms with Gasteiger partial charge in [-0.25, -0.2) is 4.98 Å². The van der Waals surface area contributed by atoms with E-state index >= 15 is 0 Å². The van der Waals surface area contributed by atoms with Gasteiger partial charge in [-0.05, 0) is 12.5 Å². The van der Waals surface area contributed by atoms with Crippen molar-refractivity contribution in [2.24, 2.45) is 0 Å². The predicted octanol–water partition coefficient (Wildman–Crippen LogP) is 3.78. The molecule has 0 saturated heterocycles. The van der Waals surface area contributed by atoms with Crippen molar-refractivity contribution in [1.29, 1.82) is 0 Å². The summed E-state index contributed by atoms with van der Waals surface area (Å²) in [6, 6.07) is 6.73. The molecule has 24 heavy (non-hydrogen) atoms. The third kappa shape index (κ3) is 2.32. The van der Waals surface area contributed by atoms with Gasteiger partial charge in [0.1, 0.15) is 5.82 Å². The maximum absolute atomic E-state index is 11.1. The Bertz CT molecular complexity index is 894. The van der Waals surface area contributed by atoms with Gasteiger partial charge in [0.15, 0.2) is 0 Å². The number of hydrogen-bond donors (Lipinski definition) is 2. The average molecular weight is 340 g/mol. The molecule has 1 aromatic carbocycles. The maximum Gasteiger partial charge on any atom is 0.269 e. The molecular weight excluding hydrogens is 324 g/mol. The average Bonchev–Trinajstić information content (AvgIpc) is 3.02. The van der Waals surface area contributed by atoms with E-state index in [9.17, 15) is 10.1 Å². The van der Waals surface area contributed by atoms with Gasteiger partial charge in [0.05, 0.1) is 10.6 Å². The van der Waals surface area contributed by atoms with E-state index in [1.54, 1.807) is 23.9 Å². The molecule has 1 aromatic heterocycles. The first kappa shape index (κ1) is 15.0. The summed E-state index contributed by atoms with van der Waals surface area (Å²) >= 11 is 1.80. The normalized spacial score (nSPS) is 18.4. The molecule has 0 radical (unpaired) electrons. The van der Waals surface area contributed by atoms with Crippen LogP contribution in [0.15, 0.2) is 36.0 Å². The number of pyridine rings is 1. The molecule has 0 spiro atoms. The summed E-state index contributed by atoms with van der Waals surface area (Å²) in [5, 5.41) is 14.4. The third-order valence-corrected chi connectivity index (χ3v) is 5.40. The molecule has 2 aliphatic rings. The summed E-state index contributed by atoms with van der Waals surface area (Å²) in [5.74, 6) is 2.37. The SMILES string of the molecule is CC1=CC(c2cccc([N+](=O)[O-])c2)c2c(nc3c(c2N)CSC3)N1. The molecule has 0 aliphatic carbocycles. The first-order valence-electron chi connectivity index (χ1n) is 7.63. The van der Waals surface area contributed by atoms with Gasteiger partial charge in [-0.1, -0.05) is 18.2 Å². The summed E-state index contributed by atoms with van der Waals surface area (Å²) in [5.41, 5.74) is 12.2. The van der Waals surface area contributed by atoms with Crippen molar-refractivity contribution < 1.29 is 4.92 Å². The van der Waals surface area contributed by atoms with E-state index in [0.717, 1.165) is 51.1 Å². The van der Waals surface area contributed by atoms with Crippen LogP contribution in [-0.4, -0.2) is 9.91 Å². The number of nitro groups is 1. The second-order valence-electron chi connectivity index (χ2n) is 6.01. The molecule has 2 aliphatic heterocycles. The van der Waals surface area contributed by atoms with Crippen molar-refractivity contribution in [3.05, 3.63) is 68.5 Å². The minimum absolute atomic E-state index is 0.0851. The van der Waals surface area contributed by atoms with Crippen LogP contribution in [-0.2, 0) is 11.5 Å². The first-order valence-corrected chi connectivity index (χ1v) is 8.78. The van der Waals surface area contributed by atoms with Crippen molar-refractivity contribution >= 4 is 29.0 Å². The Balaban J connectivity index is 1.90. The highest BCUT2D eigenvalue weighted by molar-refractivity contribution is 7.98. The van der Waals surface area contributed by atoms with Gasteiger partial charge in [-0.2, -0.15) is 11.8 Å². The van der Waals surface area contributed by atoms with Crippen LogP contribution >= 0.6 is 11.8 Å². The summed E-state index contributed by atoms with van der Waals surface area (Å²) in [4.78, 5) is 15.5. The molecule has 0 fully saturated rings. The second-order valence-corrected chi connectivity index (χ2v) is 7.00. The Morgan fingerprint density at radius 1 is 1.42 bits per heavy atom. The summed E-state index contributed by atoms with van der Waals surface area (Å²) in [6.07, 6.45) is 2.05. The molecule has 4 rings (SSSR count). The zero-order valence-corrected chi connectivity index (χ0v) is 13.9. The lowest BCUT2D eigenvalue weighted by molar-refractivity contribution is -0.384. The zero-order chi connectivity index (χ0) is 16.8. The minimum atomic E-state index is -0.372. The summed E-state index contributed by atoms with van der Waals surface area (Å²) in [7, 11) is 0. The Morgan fingerprint density at radius 2 is 2.25 bits per heavy atom. The van der Waals surface area contributed by atoms with Gasteiger partial charge in [0.2, 0.25) is 0 Å². The fourth-order valence-corrected chi connectivity index (χ4v) is 4.37. The number of anilines is 2. The Morgan fingerprint density at radius 3 is 3.04 bits per heavy atom. The standard InChI is InChI=1S/C17H16N4O2S/c1-9-5-12(10-3-2-4-11(6-10)21(22)23)15-16(18)13-7-24-8-14(13)20-17(15)19-9/h2-6,12H,7-8H2,1H3,(H3,18,19,20). The van der Waals surface area contributed by atoms with Gasteiger partial charge in [-0.15, -0.1) is 0 Å². The quantitative estimate of drug-likeness (QED) is 0.638. The molecule has 0 bridgehead atoms. The largest absolute Gasteiger partial charge is 0.398 e. The summed E-state index contributed by atoms with van der Waals surface area (Å²) in [6.45, 7) is 1.97. The van der Waals surface area contributed by atoms with Crippen molar-refractivity contribution in [2.75, 3.05) is 11.1 Å². The molecule has 2 aromatic rings. The number of non-ortho nitro benzene ring substituents is 1. The van der Waals surface area contributed by atoms with E-state index in [-0.39, 0.29) is 16.5 Å². The van der Waals surface area contributed by atoms with Crippen LogP contribution in [0.4, 0.5) is 17.2 Å². The molecule has 0 saturated carbocycles. The molecule has 1 unspecified atom stereocenters. The number of hydrogen-bond acceptors (Lipinski definition) is 6. The number of nitrogen functional groups attached to an aromatic ring is 1. The highest BCUT2D eigenvalue weighted by Crippen LogP contribution is 2.45. The number of fused-ring (bicyclic) bond motifs is 2. The maximum atomic E-state index is 11.1. The zero-order valence-electron chi connectivity index (χ0n) is 13.1. The summed E-state index contributed by atoms with van der Waals surface area (Å²) < 4.78 is 0. The predicted molar refractivity (Wildman–Crippen MR) is 96.0 cm³/mol. The van der Waals surface area contributed by atoms with Crippen LogP contribution in [0.2, 0.25) is 0 Å². The van der Waals surface area contributed by atoms with E-state index in [4.69, 9.17) is 10.7 Å². The molecular formula is C17H16N4O2S. The van der Waals surface area contributed by atoms with Crippen molar-refractivity contribution in [3.8, 4) is 0 Å². The lowest BCUT2D eigenvalue weighted by atomic mass is 9.86. The van der Waals surface area contributed by atoms with E-state index in [0.29, 0.717) is 0 Å². The smallest absolute Gasteiger partial charge is 0.269 e. The number of nitrogens with two attached hydrogens (primary N) is 1. The molecule has 6 nitrogen and oxygen atoms in total. The molecule has 122 valence electrons. The van der Waals surface area contributed by atoms with E-state index < -0.39 is 0 Å². The Labute approximate surface area is 143 Å². The van der Waals surface area contributed by atoms with Gasteiger partial charge in [-0.3, -0.25) is 10.1 Å². The molecule has 7 heteroatoms. The lowest BCUT2D eigenvalue weighted by Gasteiger charge is -2.27. The molecule has 0 amide bonds. The number of thioether (sulfide) groups is 1.